The summed E-state index contributed by atoms with van der Waals surface area (Å²) in [5.74, 6) is -1.37. The van der Waals surface area contributed by atoms with Crippen molar-refractivity contribution in [3.8, 4) is 0 Å². The fourth-order valence-corrected chi connectivity index (χ4v) is 2.52. The van der Waals surface area contributed by atoms with E-state index in [1.165, 1.54) is 12.1 Å². The smallest absolute Gasteiger partial charge is 0.407 e. The van der Waals surface area contributed by atoms with E-state index in [2.05, 4.69) is 0 Å². The Bertz CT molecular complexity index is 548. The minimum absolute atomic E-state index is 0.0607. The van der Waals surface area contributed by atoms with Gasteiger partial charge in [-0.25, -0.2) is 9.18 Å². The second-order valence-electron chi connectivity index (χ2n) is 5.11. The Morgan fingerprint density at radius 2 is 2.25 bits per heavy atom. The van der Waals surface area contributed by atoms with Crippen molar-refractivity contribution in [1.29, 1.82) is 0 Å². The molecule has 0 radical (unpaired) electrons. The number of benzene rings is 1. The van der Waals surface area contributed by atoms with Crippen LogP contribution in [0.5, 0.6) is 0 Å². The summed E-state index contributed by atoms with van der Waals surface area (Å²) >= 11 is 0. The third-order valence-electron chi connectivity index (χ3n) is 3.90. The molecule has 1 amide bonds. The monoisotopic (exact) mass is 281 g/mol. The summed E-state index contributed by atoms with van der Waals surface area (Å²) in [6.45, 7) is 1.61. The molecule has 0 aromatic heterocycles. The molecule has 0 spiro atoms. The number of hydrogen-bond donors (Lipinski definition) is 2. The second kappa shape index (κ2) is 5.20. The fourth-order valence-electron chi connectivity index (χ4n) is 2.52. The van der Waals surface area contributed by atoms with Crippen LogP contribution in [-0.2, 0) is 10.4 Å². The molecule has 2 atom stereocenters. The van der Waals surface area contributed by atoms with Crippen LogP contribution in [0.15, 0.2) is 18.2 Å². The third-order valence-corrected chi connectivity index (χ3v) is 3.90. The van der Waals surface area contributed by atoms with Gasteiger partial charge in [0.05, 0.1) is 5.92 Å². The highest BCUT2D eigenvalue weighted by molar-refractivity contribution is 5.67. The SMILES string of the molecule is Cc1ccc(C2(O)CCN(C(=O)O)CC2C=O)cc1F. The van der Waals surface area contributed by atoms with Gasteiger partial charge < -0.3 is 19.9 Å². The van der Waals surface area contributed by atoms with Crippen LogP contribution < -0.4 is 0 Å². The standard InChI is InChI=1S/C14H16FNO4/c1-9-2-3-10(6-12(9)15)14(20)4-5-16(13(18)19)7-11(14)8-17/h2-3,6,8,11,20H,4-5,7H2,1H3,(H,18,19). The first-order chi connectivity index (χ1) is 9.38. The zero-order valence-electron chi connectivity index (χ0n) is 11.0. The molecule has 0 aliphatic carbocycles. The lowest BCUT2D eigenvalue weighted by Gasteiger charge is -2.41. The molecule has 1 heterocycles. The van der Waals surface area contributed by atoms with Gasteiger partial charge in [0.1, 0.15) is 17.7 Å². The number of hydrogen-bond acceptors (Lipinski definition) is 3. The first-order valence-electron chi connectivity index (χ1n) is 6.30. The van der Waals surface area contributed by atoms with Gasteiger partial charge in [0.25, 0.3) is 0 Å². The first-order valence-corrected chi connectivity index (χ1v) is 6.30. The molecule has 2 rings (SSSR count). The second-order valence-corrected chi connectivity index (χ2v) is 5.11. The van der Waals surface area contributed by atoms with Gasteiger partial charge in [-0.15, -0.1) is 0 Å². The molecule has 0 bridgehead atoms. The Labute approximate surface area is 115 Å². The Morgan fingerprint density at radius 3 is 2.80 bits per heavy atom. The number of halogens is 1. The predicted molar refractivity (Wildman–Crippen MR) is 68.8 cm³/mol. The molecular formula is C14H16FNO4. The van der Waals surface area contributed by atoms with Crippen molar-refractivity contribution in [2.24, 2.45) is 5.92 Å². The normalized spacial score (nSPS) is 26.4. The van der Waals surface area contributed by atoms with Crippen molar-refractivity contribution in [2.45, 2.75) is 18.9 Å². The molecule has 2 unspecified atom stereocenters. The topological polar surface area (TPSA) is 77.8 Å². The maximum atomic E-state index is 13.6. The summed E-state index contributed by atoms with van der Waals surface area (Å²) in [7, 11) is 0. The van der Waals surface area contributed by atoms with Crippen LogP contribution in [0, 0.1) is 18.7 Å². The van der Waals surface area contributed by atoms with Crippen molar-refractivity contribution in [3.63, 3.8) is 0 Å². The summed E-state index contributed by atoms with van der Waals surface area (Å²) in [6, 6.07) is 4.32. The van der Waals surface area contributed by atoms with Crippen LogP contribution in [0.2, 0.25) is 0 Å². The maximum absolute atomic E-state index is 13.6. The number of carboxylic acid groups (broad SMARTS) is 1. The van der Waals surface area contributed by atoms with E-state index in [0.717, 1.165) is 4.90 Å². The number of aliphatic hydroxyl groups is 1. The molecule has 108 valence electrons. The third kappa shape index (κ3) is 2.38. The molecule has 1 aliphatic rings. The Balaban J connectivity index is 2.35. The number of likely N-dealkylation sites (tertiary alicyclic amines) is 1. The highest BCUT2D eigenvalue weighted by Gasteiger charge is 2.44. The minimum Gasteiger partial charge on any atom is -0.465 e. The number of nitrogens with zero attached hydrogens (tertiary/aromatic N) is 1. The van der Waals surface area contributed by atoms with Crippen LogP contribution >= 0.6 is 0 Å². The molecular weight excluding hydrogens is 265 g/mol. The van der Waals surface area contributed by atoms with Crippen LogP contribution in [-0.4, -0.2) is 40.6 Å². The molecule has 1 aliphatic heterocycles. The van der Waals surface area contributed by atoms with E-state index in [9.17, 15) is 19.1 Å². The number of piperidine rings is 1. The highest BCUT2D eigenvalue weighted by Crippen LogP contribution is 2.37. The maximum Gasteiger partial charge on any atom is 0.407 e. The summed E-state index contributed by atoms with van der Waals surface area (Å²) in [4.78, 5) is 23.2. The lowest BCUT2D eigenvalue weighted by atomic mass is 9.76. The van der Waals surface area contributed by atoms with Gasteiger partial charge in [0.15, 0.2) is 0 Å². The fraction of sp³-hybridized carbons (Fsp3) is 0.429. The molecule has 1 aromatic carbocycles. The van der Waals surface area contributed by atoms with Gasteiger partial charge in [-0.1, -0.05) is 12.1 Å². The Hall–Kier alpha value is -1.95. The minimum atomic E-state index is -1.53. The summed E-state index contributed by atoms with van der Waals surface area (Å²) in [5.41, 5.74) is -0.770. The largest absolute Gasteiger partial charge is 0.465 e. The number of aldehydes is 1. The molecule has 0 saturated carbocycles. The number of carbonyl (C=O) groups is 2. The van der Waals surface area contributed by atoms with E-state index < -0.39 is 23.4 Å². The van der Waals surface area contributed by atoms with Crippen LogP contribution in [0.3, 0.4) is 0 Å². The van der Waals surface area contributed by atoms with E-state index in [-0.39, 0.29) is 19.5 Å². The average molecular weight is 281 g/mol. The van der Waals surface area contributed by atoms with E-state index in [1.54, 1.807) is 13.0 Å². The molecule has 20 heavy (non-hydrogen) atoms. The average Bonchev–Trinajstić information content (AvgIpc) is 2.42. The van der Waals surface area contributed by atoms with E-state index >= 15 is 0 Å². The quantitative estimate of drug-likeness (QED) is 0.806. The summed E-state index contributed by atoms with van der Waals surface area (Å²) < 4.78 is 13.6. The van der Waals surface area contributed by atoms with Crippen molar-refractivity contribution in [3.05, 3.63) is 35.1 Å². The Morgan fingerprint density at radius 1 is 1.55 bits per heavy atom. The van der Waals surface area contributed by atoms with Gasteiger partial charge in [0, 0.05) is 13.1 Å². The zero-order chi connectivity index (χ0) is 14.9. The van der Waals surface area contributed by atoms with Crippen LogP contribution in [0.1, 0.15) is 17.5 Å². The van der Waals surface area contributed by atoms with Gasteiger partial charge in [-0.2, -0.15) is 0 Å². The van der Waals surface area contributed by atoms with Crippen molar-refractivity contribution < 1.29 is 24.2 Å². The molecule has 1 fully saturated rings. The van der Waals surface area contributed by atoms with Gasteiger partial charge >= 0.3 is 6.09 Å². The Kier molecular flexibility index (Phi) is 3.76. The molecule has 6 heteroatoms. The van der Waals surface area contributed by atoms with E-state index in [0.29, 0.717) is 17.4 Å². The molecule has 1 saturated heterocycles. The van der Waals surface area contributed by atoms with E-state index in [1.807, 2.05) is 0 Å². The first kappa shape index (κ1) is 14.5. The van der Waals surface area contributed by atoms with Crippen LogP contribution in [0.25, 0.3) is 0 Å². The van der Waals surface area contributed by atoms with E-state index in [4.69, 9.17) is 5.11 Å². The molecule has 2 N–H and O–H groups in total. The lowest BCUT2D eigenvalue weighted by molar-refractivity contribution is -0.127. The number of rotatable bonds is 2. The van der Waals surface area contributed by atoms with Crippen molar-refractivity contribution in [2.75, 3.05) is 13.1 Å². The van der Waals surface area contributed by atoms with Crippen molar-refractivity contribution >= 4 is 12.4 Å². The molecule has 1 aromatic rings. The van der Waals surface area contributed by atoms with Gasteiger partial charge in [0.2, 0.25) is 0 Å². The number of carbonyl (C=O) groups excluding carboxylic acids is 1. The highest BCUT2D eigenvalue weighted by atomic mass is 19.1. The van der Waals surface area contributed by atoms with Crippen LogP contribution in [0.4, 0.5) is 9.18 Å². The van der Waals surface area contributed by atoms with Gasteiger partial charge in [-0.3, -0.25) is 0 Å². The zero-order valence-corrected chi connectivity index (χ0v) is 11.0. The summed E-state index contributed by atoms with van der Waals surface area (Å²) in [5, 5.41) is 19.6. The number of aryl methyl sites for hydroxylation is 1. The van der Waals surface area contributed by atoms with Gasteiger partial charge in [-0.05, 0) is 30.5 Å². The summed E-state index contributed by atoms with van der Waals surface area (Å²) in [6.07, 6.45) is -0.535. The van der Waals surface area contributed by atoms with Crippen molar-refractivity contribution in [1.82, 2.24) is 4.90 Å². The lowest BCUT2D eigenvalue weighted by Crippen LogP contribution is -2.52. The predicted octanol–water partition coefficient (Wildman–Crippen LogP) is 1.52. The molecule has 5 nitrogen and oxygen atoms in total. The number of amides is 1.